The summed E-state index contributed by atoms with van der Waals surface area (Å²) in [5, 5.41) is 7.67. The first-order valence-electron chi connectivity index (χ1n) is 16.4. The van der Waals surface area contributed by atoms with Crippen molar-refractivity contribution in [2.24, 2.45) is 5.92 Å². The summed E-state index contributed by atoms with van der Waals surface area (Å²) in [7, 11) is 1.37. The third kappa shape index (κ3) is 5.59. The van der Waals surface area contributed by atoms with Gasteiger partial charge in [-0.15, -0.1) is 0 Å². The zero-order chi connectivity index (χ0) is 35.7. The number of carbonyl (C=O) groups is 4. The van der Waals surface area contributed by atoms with Crippen LogP contribution in [0.15, 0.2) is 42.7 Å². The summed E-state index contributed by atoms with van der Waals surface area (Å²) in [5.41, 5.74) is 2.29. The Bertz CT molecular complexity index is 2090. The molecule has 1 saturated heterocycles. The SMILES string of the molecule is COC(=O)C1(c2cncc(-c3cc(C)c4c(c3)c(C(C)=O)nn4CC(=O)N3C4CC[C@@H](C4)C3C(=O)Nc3nc(C(F)(F)F)ccc3C)c2)CC1. The van der Waals surface area contributed by atoms with Crippen molar-refractivity contribution in [2.75, 3.05) is 12.4 Å². The largest absolute Gasteiger partial charge is 0.468 e. The molecule has 1 N–H and O–H groups in total. The third-order valence-corrected chi connectivity index (χ3v) is 10.4. The molecule has 3 aromatic heterocycles. The van der Waals surface area contributed by atoms with Crippen LogP contribution in [0.5, 0.6) is 0 Å². The predicted octanol–water partition coefficient (Wildman–Crippen LogP) is 5.55. The Hall–Kier alpha value is -5.14. The number of pyridine rings is 2. The lowest BCUT2D eigenvalue weighted by molar-refractivity contribution is -0.144. The summed E-state index contributed by atoms with van der Waals surface area (Å²) in [6.45, 7) is 4.55. The first-order valence-corrected chi connectivity index (χ1v) is 16.4. The van der Waals surface area contributed by atoms with Gasteiger partial charge < -0.3 is 15.0 Å². The van der Waals surface area contributed by atoms with E-state index in [1.807, 2.05) is 25.1 Å². The van der Waals surface area contributed by atoms with Gasteiger partial charge in [0.1, 0.15) is 29.8 Å². The van der Waals surface area contributed by atoms with Crippen LogP contribution < -0.4 is 5.32 Å². The topological polar surface area (TPSA) is 136 Å². The van der Waals surface area contributed by atoms with Crippen molar-refractivity contribution in [3.63, 3.8) is 0 Å². The third-order valence-electron chi connectivity index (χ3n) is 10.4. The van der Waals surface area contributed by atoms with Gasteiger partial charge in [0.2, 0.25) is 11.8 Å². The molecule has 4 aromatic rings. The van der Waals surface area contributed by atoms with Gasteiger partial charge >= 0.3 is 12.1 Å². The van der Waals surface area contributed by atoms with Crippen LogP contribution in [0.3, 0.4) is 0 Å². The molecule has 2 aliphatic carbocycles. The number of amides is 2. The van der Waals surface area contributed by atoms with E-state index in [-0.39, 0.29) is 47.7 Å². The molecule has 7 rings (SSSR count). The van der Waals surface area contributed by atoms with Crippen molar-refractivity contribution < 1.29 is 37.1 Å². The molecule has 50 heavy (non-hydrogen) atoms. The van der Waals surface area contributed by atoms with Gasteiger partial charge in [0.25, 0.3) is 0 Å². The Morgan fingerprint density at radius 1 is 1.02 bits per heavy atom. The minimum atomic E-state index is -4.68. The number of halogens is 3. The van der Waals surface area contributed by atoms with Crippen LogP contribution >= 0.6 is 0 Å². The number of ether oxygens (including phenoxy) is 1. The number of hydrogen-bond acceptors (Lipinski definition) is 8. The van der Waals surface area contributed by atoms with Crippen LogP contribution in [0.25, 0.3) is 22.0 Å². The molecule has 1 aliphatic heterocycles. The van der Waals surface area contributed by atoms with Crippen molar-refractivity contribution >= 4 is 40.3 Å². The number of Topliss-reactive ketones (excluding diaryl/α,β-unsaturated/α-hetero) is 1. The number of ketones is 1. The van der Waals surface area contributed by atoms with E-state index in [1.165, 1.54) is 29.7 Å². The number of methoxy groups -OCH3 is 1. The minimum Gasteiger partial charge on any atom is -0.468 e. The number of esters is 1. The number of hydrogen-bond donors (Lipinski definition) is 1. The standard InChI is InChI=1S/C36H35F3N6O5/c1-18-5-8-27(36(37,38)39)41-32(18)42-33(48)31-21-6-7-25(13-21)45(31)28(47)17-44-30-19(2)11-22(14-26(30)29(43-44)20(3)46)23-12-24(16-40-15-23)35(9-10-35)34(49)50-4/h5,8,11-12,14-16,21,25,31H,6-7,9-10,13,17H2,1-4H3,(H,41,42,48)/t21-,25?,31?/m0/s1. The quantitative estimate of drug-likeness (QED) is 0.188. The molecule has 0 spiro atoms. The van der Waals surface area contributed by atoms with E-state index >= 15 is 0 Å². The average Bonchev–Trinajstić information content (AvgIpc) is 3.41. The number of nitrogens with zero attached hydrogens (tertiary/aromatic N) is 5. The minimum absolute atomic E-state index is 0.153. The fourth-order valence-corrected chi connectivity index (χ4v) is 7.76. The molecule has 2 bridgehead atoms. The van der Waals surface area contributed by atoms with E-state index in [0.29, 0.717) is 48.6 Å². The maximum Gasteiger partial charge on any atom is 0.433 e. The molecule has 14 heteroatoms. The molecular weight excluding hydrogens is 653 g/mol. The molecule has 260 valence electrons. The highest BCUT2D eigenvalue weighted by molar-refractivity contribution is 6.07. The van der Waals surface area contributed by atoms with Crippen LogP contribution in [-0.2, 0) is 37.3 Å². The number of anilines is 1. The van der Waals surface area contributed by atoms with Crippen LogP contribution in [0.2, 0.25) is 0 Å². The van der Waals surface area contributed by atoms with Gasteiger partial charge in [0.15, 0.2) is 5.78 Å². The fourth-order valence-electron chi connectivity index (χ4n) is 7.76. The van der Waals surface area contributed by atoms with Crippen LogP contribution in [-0.4, -0.2) is 67.4 Å². The Morgan fingerprint density at radius 3 is 2.46 bits per heavy atom. The summed E-state index contributed by atoms with van der Waals surface area (Å²) in [6.07, 6.45) is 2.01. The van der Waals surface area contributed by atoms with Crippen LogP contribution in [0.1, 0.15) is 71.9 Å². The van der Waals surface area contributed by atoms with Gasteiger partial charge in [-0.05, 0) is 98.4 Å². The number of rotatable bonds is 8. The van der Waals surface area contributed by atoms with Gasteiger partial charge in [-0.3, -0.25) is 28.8 Å². The van der Waals surface area contributed by atoms with Crippen molar-refractivity contribution in [2.45, 2.75) is 83.1 Å². The zero-order valence-corrected chi connectivity index (χ0v) is 27.9. The highest BCUT2D eigenvalue weighted by Gasteiger charge is 2.53. The smallest absolute Gasteiger partial charge is 0.433 e. The summed E-state index contributed by atoms with van der Waals surface area (Å²) in [4.78, 5) is 62.6. The molecule has 2 amide bonds. The lowest BCUT2D eigenvalue weighted by atomic mass is 9.94. The van der Waals surface area contributed by atoms with Gasteiger partial charge in [0.05, 0.1) is 18.0 Å². The Balaban J connectivity index is 1.19. The molecule has 0 radical (unpaired) electrons. The number of alkyl halides is 3. The lowest BCUT2D eigenvalue weighted by Crippen LogP contribution is -2.52. The highest BCUT2D eigenvalue weighted by atomic mass is 19.4. The second-order valence-corrected chi connectivity index (χ2v) is 13.6. The van der Waals surface area contributed by atoms with Crippen LogP contribution in [0, 0.1) is 19.8 Å². The van der Waals surface area contributed by atoms with Crippen molar-refractivity contribution in [3.05, 3.63) is 70.8 Å². The van der Waals surface area contributed by atoms with Crippen LogP contribution in [0.4, 0.5) is 19.0 Å². The maximum atomic E-state index is 14.1. The highest BCUT2D eigenvalue weighted by Crippen LogP contribution is 2.49. The number of nitrogens with one attached hydrogen (secondary N) is 1. The predicted molar refractivity (Wildman–Crippen MR) is 175 cm³/mol. The van der Waals surface area contributed by atoms with E-state index in [4.69, 9.17) is 4.74 Å². The first kappa shape index (κ1) is 33.4. The molecule has 2 unspecified atom stereocenters. The number of benzene rings is 1. The molecule has 2 saturated carbocycles. The number of likely N-dealkylation sites (tertiary alicyclic amines) is 1. The maximum absolute atomic E-state index is 14.1. The van der Waals surface area contributed by atoms with E-state index < -0.39 is 29.2 Å². The second-order valence-electron chi connectivity index (χ2n) is 13.6. The van der Waals surface area contributed by atoms with Crippen molar-refractivity contribution in [1.29, 1.82) is 0 Å². The Kier molecular flexibility index (Phi) is 8.02. The molecule has 3 fully saturated rings. The summed E-state index contributed by atoms with van der Waals surface area (Å²) in [6, 6.07) is 6.64. The fraction of sp³-hybridized carbons (Fsp3) is 0.417. The van der Waals surface area contributed by atoms with Gasteiger partial charge in [-0.25, -0.2) is 4.98 Å². The number of aryl methyl sites for hydroxylation is 2. The van der Waals surface area contributed by atoms with E-state index in [0.717, 1.165) is 28.3 Å². The Morgan fingerprint density at radius 2 is 1.78 bits per heavy atom. The normalized spacial score (nSPS) is 20.6. The lowest BCUT2D eigenvalue weighted by Gasteiger charge is -2.34. The number of carbonyl (C=O) groups excluding carboxylic acids is 4. The summed E-state index contributed by atoms with van der Waals surface area (Å²) >= 11 is 0. The Labute approximate surface area is 285 Å². The van der Waals surface area contributed by atoms with E-state index in [2.05, 4.69) is 20.4 Å². The first-order chi connectivity index (χ1) is 23.7. The van der Waals surface area contributed by atoms with E-state index in [1.54, 1.807) is 19.3 Å². The molecule has 3 aliphatic rings. The number of piperidine rings is 1. The van der Waals surface area contributed by atoms with Crippen molar-refractivity contribution in [1.82, 2.24) is 24.6 Å². The number of aromatic nitrogens is 4. The average molecular weight is 689 g/mol. The zero-order valence-electron chi connectivity index (χ0n) is 27.9. The summed E-state index contributed by atoms with van der Waals surface area (Å²) < 4.78 is 46.6. The molecule has 3 atom stereocenters. The van der Waals surface area contributed by atoms with Gasteiger partial charge in [0, 0.05) is 36.3 Å². The van der Waals surface area contributed by atoms with Gasteiger partial charge in [-0.1, -0.05) is 6.07 Å². The molecule has 1 aromatic carbocycles. The number of fused-ring (bicyclic) bond motifs is 3. The monoisotopic (exact) mass is 688 g/mol. The van der Waals surface area contributed by atoms with Crippen molar-refractivity contribution in [3.8, 4) is 11.1 Å². The molecule has 11 nitrogen and oxygen atoms in total. The summed E-state index contributed by atoms with van der Waals surface area (Å²) in [5.74, 6) is -1.93. The molecular formula is C36H35F3N6O5. The molecule has 4 heterocycles. The van der Waals surface area contributed by atoms with Gasteiger partial charge in [-0.2, -0.15) is 18.3 Å². The van der Waals surface area contributed by atoms with E-state index in [9.17, 15) is 32.3 Å². The second kappa shape index (κ2) is 12.0.